The summed E-state index contributed by atoms with van der Waals surface area (Å²) in [6.07, 6.45) is 9.33. The highest BCUT2D eigenvalue weighted by atomic mass is 16.3. The van der Waals surface area contributed by atoms with E-state index in [-0.39, 0.29) is 0 Å². The topological polar surface area (TPSA) is 41.3 Å². The Kier molecular flexibility index (Phi) is 2.71. The number of aryl methyl sites for hydroxylation is 2. The van der Waals surface area contributed by atoms with Crippen LogP contribution < -0.4 is 0 Å². The number of β-amino-alcohol motifs (C(OH)–C–C–N with tert-alkyl or cyclic N) is 1. The molecule has 94 valence electrons. The van der Waals surface area contributed by atoms with Crippen molar-refractivity contribution in [3.63, 3.8) is 0 Å². The van der Waals surface area contributed by atoms with Gasteiger partial charge in [-0.3, -0.25) is 9.58 Å². The first-order valence-electron chi connectivity index (χ1n) is 6.59. The lowest BCUT2D eigenvalue weighted by atomic mass is 9.95. The van der Waals surface area contributed by atoms with Gasteiger partial charge >= 0.3 is 0 Å². The van der Waals surface area contributed by atoms with Gasteiger partial charge in [0.2, 0.25) is 0 Å². The van der Waals surface area contributed by atoms with Gasteiger partial charge in [0, 0.05) is 32.4 Å². The average molecular weight is 235 g/mol. The second-order valence-electron chi connectivity index (χ2n) is 5.70. The number of likely N-dealkylation sites (tertiary alicyclic amines) is 1. The van der Waals surface area contributed by atoms with Crippen LogP contribution in [0.2, 0.25) is 0 Å². The third-order valence-corrected chi connectivity index (χ3v) is 4.06. The molecule has 1 saturated carbocycles. The molecule has 1 aromatic heterocycles. The standard InChI is InChI=1S/C13H21N3O/c1-15-9-11(8-14-15)4-5-13(17)6-7-16(10-13)12-2-3-12/h8-9,12,17H,2-7,10H2,1H3. The summed E-state index contributed by atoms with van der Waals surface area (Å²) in [5.74, 6) is 0. The molecule has 2 fully saturated rings. The summed E-state index contributed by atoms with van der Waals surface area (Å²) >= 11 is 0. The van der Waals surface area contributed by atoms with Gasteiger partial charge in [-0.1, -0.05) is 0 Å². The Bertz CT molecular complexity index is 399. The Morgan fingerprint density at radius 3 is 3.00 bits per heavy atom. The van der Waals surface area contributed by atoms with Crippen LogP contribution in [0, 0.1) is 0 Å². The molecule has 0 radical (unpaired) electrons. The van der Waals surface area contributed by atoms with E-state index in [9.17, 15) is 5.11 Å². The van der Waals surface area contributed by atoms with Gasteiger partial charge < -0.3 is 5.11 Å². The molecule has 4 nitrogen and oxygen atoms in total. The lowest BCUT2D eigenvalue weighted by molar-refractivity contribution is 0.0400. The monoisotopic (exact) mass is 235 g/mol. The number of rotatable bonds is 4. The zero-order valence-corrected chi connectivity index (χ0v) is 10.5. The fourth-order valence-electron chi connectivity index (χ4n) is 2.82. The summed E-state index contributed by atoms with van der Waals surface area (Å²) in [6.45, 7) is 1.95. The van der Waals surface area contributed by atoms with Crippen LogP contribution in [0.25, 0.3) is 0 Å². The number of nitrogens with zero attached hydrogens (tertiary/aromatic N) is 3. The Labute approximate surface area is 102 Å². The zero-order chi connectivity index (χ0) is 11.9. The molecule has 0 amide bonds. The van der Waals surface area contributed by atoms with Crippen LogP contribution in [-0.4, -0.2) is 44.5 Å². The summed E-state index contributed by atoms with van der Waals surface area (Å²) in [5.41, 5.74) is 0.768. The molecule has 0 aromatic carbocycles. The van der Waals surface area contributed by atoms with E-state index in [1.54, 1.807) is 0 Å². The zero-order valence-electron chi connectivity index (χ0n) is 10.5. The molecule has 1 aliphatic heterocycles. The maximum Gasteiger partial charge on any atom is 0.0789 e. The Hall–Kier alpha value is -0.870. The van der Waals surface area contributed by atoms with Gasteiger partial charge in [0.05, 0.1) is 11.8 Å². The predicted octanol–water partition coefficient (Wildman–Crippen LogP) is 0.952. The maximum absolute atomic E-state index is 10.5. The Morgan fingerprint density at radius 1 is 1.53 bits per heavy atom. The number of hydrogen-bond donors (Lipinski definition) is 1. The molecule has 3 rings (SSSR count). The molecule has 4 heteroatoms. The first kappa shape index (κ1) is 11.2. The second kappa shape index (κ2) is 4.10. The Balaban J connectivity index is 1.54. The largest absolute Gasteiger partial charge is 0.388 e. The first-order valence-corrected chi connectivity index (χ1v) is 6.59. The molecule has 17 heavy (non-hydrogen) atoms. The van der Waals surface area contributed by atoms with Crippen LogP contribution >= 0.6 is 0 Å². The summed E-state index contributed by atoms with van der Waals surface area (Å²) in [7, 11) is 1.93. The van der Waals surface area contributed by atoms with Gasteiger partial charge in [-0.2, -0.15) is 5.10 Å². The summed E-state index contributed by atoms with van der Waals surface area (Å²) in [5, 5.41) is 14.7. The van der Waals surface area contributed by atoms with Crippen molar-refractivity contribution in [1.82, 2.24) is 14.7 Å². The Morgan fingerprint density at radius 2 is 2.35 bits per heavy atom. The van der Waals surface area contributed by atoms with Crippen molar-refractivity contribution in [2.24, 2.45) is 7.05 Å². The van der Waals surface area contributed by atoms with Crippen molar-refractivity contribution in [2.75, 3.05) is 13.1 Å². The van der Waals surface area contributed by atoms with Crippen molar-refractivity contribution in [1.29, 1.82) is 0 Å². The molecule has 1 atom stereocenters. The van der Waals surface area contributed by atoms with E-state index in [0.717, 1.165) is 38.4 Å². The van der Waals surface area contributed by atoms with Crippen LogP contribution in [0.15, 0.2) is 12.4 Å². The maximum atomic E-state index is 10.5. The van der Waals surface area contributed by atoms with Crippen LogP contribution in [0.1, 0.15) is 31.2 Å². The van der Waals surface area contributed by atoms with E-state index in [4.69, 9.17) is 0 Å². The molecular weight excluding hydrogens is 214 g/mol. The molecule has 1 N–H and O–H groups in total. The molecule has 0 spiro atoms. The van der Waals surface area contributed by atoms with Crippen LogP contribution in [0.5, 0.6) is 0 Å². The second-order valence-corrected chi connectivity index (χ2v) is 5.70. The van der Waals surface area contributed by atoms with Crippen LogP contribution in [0.4, 0.5) is 0 Å². The van der Waals surface area contributed by atoms with Gasteiger partial charge in [-0.05, 0) is 37.7 Å². The minimum Gasteiger partial charge on any atom is -0.388 e. The molecule has 2 heterocycles. The summed E-state index contributed by atoms with van der Waals surface area (Å²) in [6, 6.07) is 0.780. The minimum atomic E-state index is -0.460. The van der Waals surface area contributed by atoms with E-state index in [1.165, 1.54) is 18.4 Å². The fourth-order valence-corrected chi connectivity index (χ4v) is 2.82. The van der Waals surface area contributed by atoms with E-state index in [0.29, 0.717) is 0 Å². The van der Waals surface area contributed by atoms with Crippen molar-refractivity contribution in [3.8, 4) is 0 Å². The first-order chi connectivity index (χ1) is 8.15. The van der Waals surface area contributed by atoms with Gasteiger partial charge in [0.15, 0.2) is 0 Å². The quantitative estimate of drug-likeness (QED) is 0.845. The van der Waals surface area contributed by atoms with Crippen LogP contribution in [0.3, 0.4) is 0 Å². The third kappa shape index (κ3) is 2.53. The summed E-state index contributed by atoms with van der Waals surface area (Å²) in [4.78, 5) is 2.46. The van der Waals surface area contributed by atoms with Crippen molar-refractivity contribution < 1.29 is 5.11 Å². The lowest BCUT2D eigenvalue weighted by Gasteiger charge is -2.23. The minimum absolute atomic E-state index is 0.460. The predicted molar refractivity (Wildman–Crippen MR) is 65.7 cm³/mol. The SMILES string of the molecule is Cn1cc(CCC2(O)CCN(C3CC3)C2)cn1. The third-order valence-electron chi connectivity index (χ3n) is 4.06. The highest BCUT2D eigenvalue weighted by molar-refractivity contribution is 5.06. The highest BCUT2D eigenvalue weighted by Crippen LogP contribution is 2.35. The number of aliphatic hydroxyl groups is 1. The van der Waals surface area contributed by atoms with E-state index < -0.39 is 5.60 Å². The van der Waals surface area contributed by atoms with Crippen molar-refractivity contribution in [2.45, 2.75) is 43.7 Å². The van der Waals surface area contributed by atoms with E-state index in [1.807, 2.05) is 24.1 Å². The van der Waals surface area contributed by atoms with Crippen LogP contribution in [-0.2, 0) is 13.5 Å². The van der Waals surface area contributed by atoms with Gasteiger partial charge in [-0.15, -0.1) is 0 Å². The lowest BCUT2D eigenvalue weighted by Crippen LogP contribution is -2.34. The molecule has 1 unspecified atom stereocenters. The van der Waals surface area contributed by atoms with Gasteiger partial charge in [-0.25, -0.2) is 0 Å². The smallest absolute Gasteiger partial charge is 0.0789 e. The number of aromatic nitrogens is 2. The van der Waals surface area contributed by atoms with E-state index >= 15 is 0 Å². The normalized spacial score (nSPS) is 30.0. The van der Waals surface area contributed by atoms with Crippen molar-refractivity contribution in [3.05, 3.63) is 18.0 Å². The summed E-state index contributed by atoms with van der Waals surface area (Å²) < 4.78 is 1.82. The number of hydrogen-bond acceptors (Lipinski definition) is 3. The van der Waals surface area contributed by atoms with Crippen molar-refractivity contribution >= 4 is 0 Å². The highest BCUT2D eigenvalue weighted by Gasteiger charge is 2.41. The molecule has 2 aliphatic rings. The molecular formula is C13H21N3O. The molecule has 1 aromatic rings. The van der Waals surface area contributed by atoms with E-state index in [2.05, 4.69) is 10.00 Å². The molecule has 1 aliphatic carbocycles. The van der Waals surface area contributed by atoms with Gasteiger partial charge in [0.1, 0.15) is 0 Å². The van der Waals surface area contributed by atoms with Gasteiger partial charge in [0.25, 0.3) is 0 Å². The fraction of sp³-hybridized carbons (Fsp3) is 0.769. The molecule has 1 saturated heterocycles. The molecule has 0 bridgehead atoms. The average Bonchev–Trinajstić information content (AvgIpc) is 2.96.